The normalized spacial score (nSPS) is 11.2. The van der Waals surface area contributed by atoms with E-state index in [-0.39, 0.29) is 17.6 Å². The Morgan fingerprint density at radius 2 is 1.72 bits per heavy atom. The molecule has 0 unspecified atom stereocenters. The van der Waals surface area contributed by atoms with Crippen LogP contribution < -0.4 is 10.1 Å². The minimum atomic E-state index is -0.640. The van der Waals surface area contributed by atoms with Gasteiger partial charge in [0.2, 0.25) is 0 Å². The third kappa shape index (κ3) is 5.55. The molecule has 2 aromatic carbocycles. The fourth-order valence-electron chi connectivity index (χ4n) is 3.26. The van der Waals surface area contributed by atoms with Crippen LogP contribution in [0.25, 0.3) is 0 Å². The molecule has 7 nitrogen and oxygen atoms in total. The van der Waals surface area contributed by atoms with E-state index in [2.05, 4.69) is 31.2 Å². The van der Waals surface area contributed by atoms with Gasteiger partial charge in [-0.05, 0) is 43.0 Å². The molecule has 0 spiro atoms. The standard InChI is InChI=1S/C25H28N2O5/c1-16-19(17(2)32-27-16)14-30-22-13-9-6-10-18(22)24(29)31-15-23(28)26-21-12-8-7-11-20(21)25(3,4)5/h6-13H,14-15H2,1-5H3,(H,26,28). The Hall–Kier alpha value is -3.61. The zero-order valence-electron chi connectivity index (χ0n) is 19.0. The van der Waals surface area contributed by atoms with Gasteiger partial charge in [0.05, 0.1) is 11.3 Å². The predicted molar refractivity (Wildman–Crippen MR) is 121 cm³/mol. The summed E-state index contributed by atoms with van der Waals surface area (Å²) in [6, 6.07) is 14.3. The molecule has 7 heteroatoms. The summed E-state index contributed by atoms with van der Waals surface area (Å²) in [4.78, 5) is 25.1. The molecule has 0 aliphatic carbocycles. The Morgan fingerprint density at radius 3 is 2.41 bits per heavy atom. The van der Waals surface area contributed by atoms with Gasteiger partial charge in [-0.15, -0.1) is 0 Å². The Kier molecular flexibility index (Phi) is 6.98. The number of esters is 1. The average molecular weight is 437 g/mol. The van der Waals surface area contributed by atoms with Gasteiger partial charge in [0.15, 0.2) is 6.61 Å². The summed E-state index contributed by atoms with van der Waals surface area (Å²) in [5.41, 5.74) is 3.35. The van der Waals surface area contributed by atoms with Crippen molar-refractivity contribution in [3.63, 3.8) is 0 Å². The first-order valence-electron chi connectivity index (χ1n) is 10.4. The van der Waals surface area contributed by atoms with E-state index in [1.54, 1.807) is 31.2 Å². The highest BCUT2D eigenvalue weighted by Gasteiger charge is 2.20. The lowest BCUT2D eigenvalue weighted by atomic mass is 9.86. The summed E-state index contributed by atoms with van der Waals surface area (Å²) in [7, 11) is 0. The molecule has 32 heavy (non-hydrogen) atoms. The summed E-state index contributed by atoms with van der Waals surface area (Å²) in [5, 5.41) is 6.73. The van der Waals surface area contributed by atoms with Gasteiger partial charge in [-0.1, -0.05) is 56.3 Å². The van der Waals surface area contributed by atoms with Crippen molar-refractivity contribution in [1.29, 1.82) is 0 Å². The molecule has 1 N–H and O–H groups in total. The fourth-order valence-corrected chi connectivity index (χ4v) is 3.26. The molecule has 1 amide bonds. The molecule has 0 saturated heterocycles. The highest BCUT2D eigenvalue weighted by molar-refractivity contribution is 5.97. The molecule has 0 aliphatic heterocycles. The van der Waals surface area contributed by atoms with Gasteiger partial charge in [-0.2, -0.15) is 0 Å². The zero-order chi connectivity index (χ0) is 23.3. The van der Waals surface area contributed by atoms with Gasteiger partial charge in [0.25, 0.3) is 5.91 Å². The van der Waals surface area contributed by atoms with Crippen LogP contribution in [0.2, 0.25) is 0 Å². The SMILES string of the molecule is Cc1noc(C)c1COc1ccccc1C(=O)OCC(=O)Nc1ccccc1C(C)(C)C. The Morgan fingerprint density at radius 1 is 1.03 bits per heavy atom. The quantitative estimate of drug-likeness (QED) is 0.526. The minimum Gasteiger partial charge on any atom is -0.488 e. The first kappa shape index (κ1) is 23.1. The molecule has 0 fully saturated rings. The number of aromatic nitrogens is 1. The van der Waals surface area contributed by atoms with Crippen molar-refractivity contribution in [2.45, 2.75) is 46.6 Å². The molecule has 0 aliphatic rings. The molecule has 1 heterocycles. The number of carbonyl (C=O) groups is 2. The number of anilines is 1. The number of hydrogen-bond acceptors (Lipinski definition) is 6. The van der Waals surface area contributed by atoms with Crippen LogP contribution in [0.5, 0.6) is 5.75 Å². The Labute approximate surface area is 187 Å². The van der Waals surface area contributed by atoms with Crippen LogP contribution in [0.15, 0.2) is 53.1 Å². The molecule has 0 bridgehead atoms. The van der Waals surface area contributed by atoms with Crippen molar-refractivity contribution in [2.75, 3.05) is 11.9 Å². The van der Waals surface area contributed by atoms with Crippen molar-refractivity contribution >= 4 is 17.6 Å². The Bertz CT molecular complexity index is 1090. The van der Waals surface area contributed by atoms with E-state index in [9.17, 15) is 9.59 Å². The largest absolute Gasteiger partial charge is 0.488 e. The molecule has 3 rings (SSSR count). The van der Waals surface area contributed by atoms with Gasteiger partial charge in [-0.25, -0.2) is 4.79 Å². The molecule has 0 saturated carbocycles. The van der Waals surface area contributed by atoms with E-state index < -0.39 is 18.5 Å². The fraction of sp³-hybridized carbons (Fsp3) is 0.320. The summed E-state index contributed by atoms with van der Waals surface area (Å²) in [6.07, 6.45) is 0. The van der Waals surface area contributed by atoms with Gasteiger partial charge >= 0.3 is 5.97 Å². The van der Waals surface area contributed by atoms with Crippen LogP contribution >= 0.6 is 0 Å². The van der Waals surface area contributed by atoms with Crippen LogP contribution in [0.3, 0.4) is 0 Å². The van der Waals surface area contributed by atoms with Crippen molar-refractivity contribution in [2.24, 2.45) is 0 Å². The summed E-state index contributed by atoms with van der Waals surface area (Å²) in [5.74, 6) is -0.0338. The smallest absolute Gasteiger partial charge is 0.342 e. The van der Waals surface area contributed by atoms with Crippen molar-refractivity contribution in [3.8, 4) is 5.75 Å². The monoisotopic (exact) mass is 436 g/mol. The van der Waals surface area contributed by atoms with Crippen LogP contribution in [0.1, 0.15) is 53.7 Å². The maximum atomic E-state index is 12.6. The topological polar surface area (TPSA) is 90.7 Å². The van der Waals surface area contributed by atoms with Gasteiger partial charge in [-0.3, -0.25) is 4.79 Å². The first-order valence-corrected chi connectivity index (χ1v) is 10.4. The number of benzene rings is 2. The van der Waals surface area contributed by atoms with E-state index >= 15 is 0 Å². The van der Waals surface area contributed by atoms with Gasteiger partial charge in [0, 0.05) is 5.69 Å². The van der Waals surface area contributed by atoms with Crippen LogP contribution in [-0.4, -0.2) is 23.6 Å². The first-order chi connectivity index (χ1) is 15.2. The second kappa shape index (κ2) is 9.68. The van der Waals surface area contributed by atoms with Gasteiger partial charge < -0.3 is 19.3 Å². The number of aryl methyl sites for hydroxylation is 2. The third-order valence-electron chi connectivity index (χ3n) is 5.00. The van der Waals surface area contributed by atoms with Crippen LogP contribution in [0, 0.1) is 13.8 Å². The van der Waals surface area contributed by atoms with E-state index in [1.165, 1.54) is 0 Å². The average Bonchev–Trinajstić information content (AvgIpc) is 3.07. The number of nitrogens with one attached hydrogen (secondary N) is 1. The zero-order valence-corrected chi connectivity index (χ0v) is 19.0. The number of rotatable bonds is 7. The summed E-state index contributed by atoms with van der Waals surface area (Å²) >= 11 is 0. The van der Waals surface area contributed by atoms with Crippen molar-refractivity contribution in [1.82, 2.24) is 5.16 Å². The van der Waals surface area contributed by atoms with Crippen molar-refractivity contribution in [3.05, 3.63) is 76.7 Å². The lowest BCUT2D eigenvalue weighted by Gasteiger charge is -2.23. The molecular formula is C25H28N2O5. The number of carbonyl (C=O) groups excluding carboxylic acids is 2. The van der Waals surface area contributed by atoms with Crippen LogP contribution in [-0.2, 0) is 21.6 Å². The maximum Gasteiger partial charge on any atom is 0.342 e. The number of ether oxygens (including phenoxy) is 2. The molecular weight excluding hydrogens is 408 g/mol. The lowest BCUT2D eigenvalue weighted by molar-refractivity contribution is -0.119. The maximum absolute atomic E-state index is 12.6. The second-order valence-corrected chi connectivity index (χ2v) is 8.51. The minimum absolute atomic E-state index is 0.141. The molecule has 0 radical (unpaired) electrons. The molecule has 3 aromatic rings. The van der Waals surface area contributed by atoms with E-state index in [0.717, 1.165) is 16.8 Å². The van der Waals surface area contributed by atoms with Crippen molar-refractivity contribution < 1.29 is 23.6 Å². The van der Waals surface area contributed by atoms with E-state index in [0.29, 0.717) is 17.2 Å². The number of para-hydroxylation sites is 2. The Balaban J connectivity index is 1.63. The number of hydrogen-bond donors (Lipinski definition) is 1. The van der Waals surface area contributed by atoms with E-state index in [1.807, 2.05) is 31.2 Å². The van der Waals surface area contributed by atoms with E-state index in [4.69, 9.17) is 14.0 Å². The summed E-state index contributed by atoms with van der Waals surface area (Å²) < 4.78 is 16.2. The number of amides is 1. The molecule has 1 aromatic heterocycles. The predicted octanol–water partition coefficient (Wildman–Crippen LogP) is 4.96. The molecule has 168 valence electrons. The number of nitrogens with zero attached hydrogens (tertiary/aromatic N) is 1. The highest BCUT2D eigenvalue weighted by atomic mass is 16.5. The van der Waals surface area contributed by atoms with Gasteiger partial charge in [0.1, 0.15) is 23.7 Å². The van der Waals surface area contributed by atoms with Crippen LogP contribution in [0.4, 0.5) is 5.69 Å². The highest BCUT2D eigenvalue weighted by Crippen LogP contribution is 2.29. The molecule has 0 atom stereocenters. The lowest BCUT2D eigenvalue weighted by Crippen LogP contribution is -2.23. The summed E-state index contributed by atoms with van der Waals surface area (Å²) in [6.45, 7) is 9.62. The third-order valence-corrected chi connectivity index (χ3v) is 5.00. The second-order valence-electron chi connectivity index (χ2n) is 8.51.